The van der Waals surface area contributed by atoms with Gasteiger partial charge in [-0.05, 0) is 82.6 Å². The molecule has 0 amide bonds. The molecule has 0 atom stereocenters. The third kappa shape index (κ3) is 3.90. The van der Waals surface area contributed by atoms with Crippen LogP contribution < -0.4 is 0 Å². The van der Waals surface area contributed by atoms with Crippen molar-refractivity contribution in [3.8, 4) is 17.1 Å². The van der Waals surface area contributed by atoms with Crippen LogP contribution in [0.3, 0.4) is 0 Å². The molecule has 4 nitrogen and oxygen atoms in total. The van der Waals surface area contributed by atoms with Gasteiger partial charge in [0.2, 0.25) is 0 Å². The summed E-state index contributed by atoms with van der Waals surface area (Å²) in [7, 11) is 0. The van der Waals surface area contributed by atoms with E-state index in [2.05, 4.69) is 125 Å². The van der Waals surface area contributed by atoms with Crippen molar-refractivity contribution in [2.24, 2.45) is 0 Å². The summed E-state index contributed by atoms with van der Waals surface area (Å²) in [4.78, 5) is 10.0. The first-order chi connectivity index (χ1) is 21.3. The molecule has 4 heteroatoms. The molecule has 0 radical (unpaired) electrons. The molecule has 0 saturated carbocycles. The Balaban J connectivity index is 1.47. The summed E-state index contributed by atoms with van der Waals surface area (Å²) in [5, 5.41) is 7.12. The van der Waals surface area contributed by atoms with Gasteiger partial charge in [0.15, 0.2) is 0 Å². The molecular formula is C40H35N3O. The molecule has 0 fully saturated rings. The Bertz CT molecular complexity index is 2400. The zero-order valence-corrected chi connectivity index (χ0v) is 26.1. The third-order valence-corrected chi connectivity index (χ3v) is 9.16. The van der Waals surface area contributed by atoms with Crippen LogP contribution >= 0.6 is 0 Å². The van der Waals surface area contributed by atoms with Gasteiger partial charge in [-0.3, -0.25) is 9.55 Å². The molecule has 44 heavy (non-hydrogen) atoms. The van der Waals surface area contributed by atoms with Crippen LogP contribution in [0.2, 0.25) is 0 Å². The van der Waals surface area contributed by atoms with E-state index in [9.17, 15) is 0 Å². The molecule has 8 rings (SSSR count). The highest BCUT2D eigenvalue weighted by atomic mass is 16.3. The van der Waals surface area contributed by atoms with Crippen molar-refractivity contribution >= 4 is 54.5 Å². The minimum atomic E-state index is 0.332. The summed E-state index contributed by atoms with van der Waals surface area (Å²) in [5.74, 6) is 1.54. The van der Waals surface area contributed by atoms with Crippen LogP contribution in [0.1, 0.15) is 61.9 Å². The Morgan fingerprint density at radius 1 is 0.682 bits per heavy atom. The topological polar surface area (TPSA) is 43.9 Å². The highest BCUT2D eigenvalue weighted by Gasteiger charge is 2.25. The standard InChI is InChI=1S/C40H35N3O/c1-22(2)28-9-7-10-29(23(3)4)38(28)43-37-25(6)41-18-17-35(37)42-40(43)32-12-8-11-31-34-20-27-15-14-26-19-24(5)13-16-30(26)33(27)21-36(34)44-39(31)32/h7-23H,1-6H3. The minimum Gasteiger partial charge on any atom is -0.455 e. The Morgan fingerprint density at radius 3 is 2.16 bits per heavy atom. The van der Waals surface area contributed by atoms with Gasteiger partial charge >= 0.3 is 0 Å². The summed E-state index contributed by atoms with van der Waals surface area (Å²) in [6.07, 6.45) is 1.86. The molecular weight excluding hydrogens is 538 g/mol. The lowest BCUT2D eigenvalue weighted by Crippen LogP contribution is -2.09. The molecule has 3 heterocycles. The second-order valence-corrected chi connectivity index (χ2v) is 12.8. The molecule has 0 N–H and O–H groups in total. The molecule has 0 spiro atoms. The van der Waals surface area contributed by atoms with Crippen LogP contribution in [-0.4, -0.2) is 14.5 Å². The number of hydrogen-bond acceptors (Lipinski definition) is 3. The van der Waals surface area contributed by atoms with E-state index >= 15 is 0 Å². The highest BCUT2D eigenvalue weighted by Crippen LogP contribution is 2.42. The number of benzene rings is 5. The van der Waals surface area contributed by atoms with E-state index in [4.69, 9.17) is 14.4 Å². The van der Waals surface area contributed by atoms with E-state index in [1.165, 1.54) is 43.9 Å². The number of pyridine rings is 1. The van der Waals surface area contributed by atoms with Crippen LogP contribution in [0, 0.1) is 13.8 Å². The van der Waals surface area contributed by atoms with Gasteiger partial charge in [-0.1, -0.05) is 93.9 Å². The van der Waals surface area contributed by atoms with Crippen molar-refractivity contribution in [2.45, 2.75) is 53.4 Å². The van der Waals surface area contributed by atoms with Gasteiger partial charge < -0.3 is 4.42 Å². The maximum absolute atomic E-state index is 6.82. The van der Waals surface area contributed by atoms with Crippen LogP contribution in [0.15, 0.2) is 95.5 Å². The van der Waals surface area contributed by atoms with Gasteiger partial charge in [0.05, 0.1) is 28.0 Å². The molecule has 0 unspecified atom stereocenters. The molecule has 216 valence electrons. The number of para-hydroxylation sites is 2. The first kappa shape index (κ1) is 26.7. The zero-order valence-electron chi connectivity index (χ0n) is 26.1. The molecule has 0 bridgehead atoms. The average molecular weight is 574 g/mol. The number of rotatable bonds is 4. The van der Waals surface area contributed by atoms with Gasteiger partial charge in [0, 0.05) is 17.0 Å². The number of furan rings is 1. The second-order valence-electron chi connectivity index (χ2n) is 12.8. The monoisotopic (exact) mass is 573 g/mol. The van der Waals surface area contributed by atoms with Gasteiger partial charge in [-0.2, -0.15) is 0 Å². The van der Waals surface area contributed by atoms with E-state index in [1.54, 1.807) is 0 Å². The number of fused-ring (bicyclic) bond motifs is 7. The first-order valence-electron chi connectivity index (χ1n) is 15.6. The number of aromatic nitrogens is 3. The zero-order chi connectivity index (χ0) is 30.3. The fourth-order valence-corrected chi connectivity index (χ4v) is 7.00. The molecule has 8 aromatic rings. The van der Waals surface area contributed by atoms with E-state index in [1.807, 2.05) is 12.3 Å². The molecule has 0 aliphatic rings. The number of imidazole rings is 1. The molecule has 5 aromatic carbocycles. The summed E-state index contributed by atoms with van der Waals surface area (Å²) in [6.45, 7) is 13.3. The highest BCUT2D eigenvalue weighted by molar-refractivity contribution is 6.17. The molecule has 0 aliphatic carbocycles. The number of aryl methyl sites for hydroxylation is 2. The third-order valence-electron chi connectivity index (χ3n) is 9.16. The smallest absolute Gasteiger partial charge is 0.149 e. The van der Waals surface area contributed by atoms with Gasteiger partial charge in [-0.15, -0.1) is 0 Å². The second kappa shape index (κ2) is 9.78. The SMILES string of the molecule is Cc1ccc2c(ccc3cc4c(cc32)oc2c(-c3nc5ccnc(C)c5n3-c3c(C(C)C)cccc3C(C)C)cccc24)c1. The van der Waals surface area contributed by atoms with Gasteiger partial charge in [0.1, 0.15) is 17.0 Å². The first-order valence-corrected chi connectivity index (χ1v) is 15.6. The maximum Gasteiger partial charge on any atom is 0.149 e. The predicted molar refractivity (Wildman–Crippen MR) is 184 cm³/mol. The fourth-order valence-electron chi connectivity index (χ4n) is 7.00. The van der Waals surface area contributed by atoms with Crippen molar-refractivity contribution in [1.82, 2.24) is 14.5 Å². The Labute approximate surface area is 257 Å². The summed E-state index contributed by atoms with van der Waals surface area (Å²) < 4.78 is 9.18. The van der Waals surface area contributed by atoms with E-state index in [-0.39, 0.29) is 0 Å². The van der Waals surface area contributed by atoms with Crippen LogP contribution in [0.5, 0.6) is 0 Å². The number of nitrogens with zero attached hydrogens (tertiary/aromatic N) is 3. The predicted octanol–water partition coefficient (Wildman–Crippen LogP) is 11.2. The molecule has 0 saturated heterocycles. The summed E-state index contributed by atoms with van der Waals surface area (Å²) >= 11 is 0. The van der Waals surface area contributed by atoms with Crippen molar-refractivity contribution in [3.63, 3.8) is 0 Å². The van der Waals surface area contributed by atoms with Crippen LogP contribution in [0.25, 0.3) is 71.6 Å². The molecule has 0 aliphatic heterocycles. The van der Waals surface area contributed by atoms with E-state index < -0.39 is 0 Å². The quantitative estimate of drug-likeness (QED) is 0.197. The lowest BCUT2D eigenvalue weighted by molar-refractivity contribution is 0.670. The lowest BCUT2D eigenvalue weighted by atomic mass is 9.92. The normalized spacial score (nSPS) is 12.3. The van der Waals surface area contributed by atoms with Gasteiger partial charge in [0.25, 0.3) is 0 Å². The van der Waals surface area contributed by atoms with Crippen molar-refractivity contribution in [2.75, 3.05) is 0 Å². The largest absolute Gasteiger partial charge is 0.455 e. The Kier molecular flexibility index (Phi) is 5.93. The van der Waals surface area contributed by atoms with Crippen molar-refractivity contribution in [1.29, 1.82) is 0 Å². The summed E-state index contributed by atoms with van der Waals surface area (Å²) in [6, 6.07) is 30.8. The van der Waals surface area contributed by atoms with E-state index in [0.717, 1.165) is 50.1 Å². The van der Waals surface area contributed by atoms with Gasteiger partial charge in [-0.25, -0.2) is 4.98 Å². The minimum absolute atomic E-state index is 0.332. The Hall–Kier alpha value is -4.96. The Morgan fingerprint density at radius 2 is 1.41 bits per heavy atom. The van der Waals surface area contributed by atoms with Crippen LogP contribution in [-0.2, 0) is 0 Å². The maximum atomic E-state index is 6.82. The summed E-state index contributed by atoms with van der Waals surface area (Å²) in [5.41, 5.74) is 10.7. The average Bonchev–Trinajstić information content (AvgIpc) is 3.58. The van der Waals surface area contributed by atoms with Crippen molar-refractivity contribution in [3.05, 3.63) is 114 Å². The van der Waals surface area contributed by atoms with E-state index in [0.29, 0.717) is 11.8 Å². The van der Waals surface area contributed by atoms with Crippen molar-refractivity contribution < 1.29 is 4.42 Å². The number of hydrogen-bond donors (Lipinski definition) is 0. The lowest BCUT2D eigenvalue weighted by Gasteiger charge is -2.23. The molecule has 3 aromatic heterocycles. The fraction of sp³-hybridized carbons (Fsp3) is 0.200. The van der Waals surface area contributed by atoms with Crippen LogP contribution in [0.4, 0.5) is 0 Å².